The minimum absolute atomic E-state index is 0.136. The number of hydrogen-bond acceptors (Lipinski definition) is 6. The second-order valence-corrected chi connectivity index (χ2v) is 11.4. The number of benzene rings is 1. The summed E-state index contributed by atoms with van der Waals surface area (Å²) in [5.41, 5.74) is 5.27. The number of piperidine rings is 1. The zero-order valence-corrected chi connectivity index (χ0v) is 22.9. The van der Waals surface area contributed by atoms with Gasteiger partial charge in [-0.25, -0.2) is 4.98 Å². The van der Waals surface area contributed by atoms with E-state index in [1.54, 1.807) is 18.3 Å². The molecule has 1 saturated heterocycles. The highest BCUT2D eigenvalue weighted by atomic mass is 32.1. The quantitative estimate of drug-likeness (QED) is 0.372. The van der Waals surface area contributed by atoms with Crippen molar-refractivity contribution in [2.75, 3.05) is 19.6 Å². The van der Waals surface area contributed by atoms with Gasteiger partial charge in [-0.1, -0.05) is 25.1 Å². The molecule has 0 spiro atoms. The molecule has 2 amide bonds. The van der Waals surface area contributed by atoms with Gasteiger partial charge < -0.3 is 9.80 Å². The summed E-state index contributed by atoms with van der Waals surface area (Å²) in [7, 11) is 0. The average Bonchev–Trinajstić information content (AvgIpc) is 3.55. The molecule has 4 aromatic rings. The predicted molar refractivity (Wildman–Crippen MR) is 149 cm³/mol. The van der Waals surface area contributed by atoms with Gasteiger partial charge in [0.2, 0.25) is 11.8 Å². The van der Waals surface area contributed by atoms with E-state index in [2.05, 4.69) is 33.9 Å². The molecule has 8 nitrogen and oxygen atoms in total. The van der Waals surface area contributed by atoms with Crippen LogP contribution in [0.4, 0.5) is 0 Å². The first-order chi connectivity index (χ1) is 18.4. The Balaban J connectivity index is 1.43. The van der Waals surface area contributed by atoms with Gasteiger partial charge in [-0.05, 0) is 31.2 Å². The molecule has 196 valence electrons. The van der Waals surface area contributed by atoms with Crippen LogP contribution in [0.25, 0.3) is 32.6 Å². The standard InChI is InChI=1S/C29H32N6O2S/c1-4-28(37)34-13-10-26-24(17-34)29(32-35(26)21-8-11-33(12-9-21)19(3)36)22-7-5-6-20-14-25(31-15-23(20)22)27-16-30-18(2)38-27/h5-7,14-16,21H,4,8-13,17H2,1-3H3. The van der Waals surface area contributed by atoms with Gasteiger partial charge in [-0.2, -0.15) is 5.10 Å². The molecule has 1 fully saturated rings. The zero-order valence-electron chi connectivity index (χ0n) is 22.1. The van der Waals surface area contributed by atoms with Crippen LogP contribution in [0.5, 0.6) is 0 Å². The molecule has 9 heteroatoms. The van der Waals surface area contributed by atoms with Crippen LogP contribution in [0.15, 0.2) is 36.7 Å². The summed E-state index contributed by atoms with van der Waals surface area (Å²) in [4.78, 5) is 38.7. The van der Waals surface area contributed by atoms with Crippen molar-refractivity contribution in [3.63, 3.8) is 0 Å². The van der Waals surface area contributed by atoms with E-state index in [-0.39, 0.29) is 17.9 Å². The second-order valence-electron chi connectivity index (χ2n) is 10.2. The Morgan fingerprint density at radius 2 is 1.89 bits per heavy atom. The van der Waals surface area contributed by atoms with E-state index in [9.17, 15) is 9.59 Å². The molecule has 3 aromatic heterocycles. The van der Waals surface area contributed by atoms with Gasteiger partial charge in [0.1, 0.15) is 0 Å². The lowest BCUT2D eigenvalue weighted by atomic mass is 9.96. The third kappa shape index (κ3) is 4.38. The first kappa shape index (κ1) is 24.7. The van der Waals surface area contributed by atoms with Crippen molar-refractivity contribution in [2.45, 2.75) is 59.0 Å². The molecule has 2 aliphatic rings. The van der Waals surface area contributed by atoms with Crippen molar-refractivity contribution < 1.29 is 9.59 Å². The number of hydrogen-bond donors (Lipinski definition) is 0. The molecule has 0 unspecified atom stereocenters. The molecule has 1 aromatic carbocycles. The maximum absolute atomic E-state index is 12.7. The molecule has 0 saturated carbocycles. The first-order valence-corrected chi connectivity index (χ1v) is 14.2. The summed E-state index contributed by atoms with van der Waals surface area (Å²) >= 11 is 1.64. The number of rotatable bonds is 4. The number of aryl methyl sites for hydroxylation is 1. The summed E-state index contributed by atoms with van der Waals surface area (Å²) in [6, 6.07) is 8.68. The summed E-state index contributed by atoms with van der Waals surface area (Å²) in [6.45, 7) is 8.36. The molecule has 6 rings (SSSR count). The Morgan fingerprint density at radius 3 is 2.61 bits per heavy atom. The highest BCUT2D eigenvalue weighted by Crippen LogP contribution is 2.38. The van der Waals surface area contributed by atoms with Crippen molar-refractivity contribution in [3.8, 4) is 21.8 Å². The highest BCUT2D eigenvalue weighted by Gasteiger charge is 2.32. The number of fused-ring (bicyclic) bond motifs is 2. The number of carbonyl (C=O) groups excluding carboxylic acids is 2. The Morgan fingerprint density at radius 1 is 1.08 bits per heavy atom. The minimum Gasteiger partial charge on any atom is -0.343 e. The van der Waals surface area contributed by atoms with E-state index in [1.165, 1.54) is 5.69 Å². The first-order valence-electron chi connectivity index (χ1n) is 13.4. The molecule has 0 atom stereocenters. The molecule has 2 aliphatic heterocycles. The molecule has 0 bridgehead atoms. The van der Waals surface area contributed by atoms with Crippen LogP contribution < -0.4 is 0 Å². The number of likely N-dealkylation sites (tertiary alicyclic amines) is 1. The Bertz CT molecular complexity index is 1530. The molecule has 0 aliphatic carbocycles. The van der Waals surface area contributed by atoms with Gasteiger partial charge >= 0.3 is 0 Å². The largest absolute Gasteiger partial charge is 0.343 e. The van der Waals surface area contributed by atoms with Crippen LogP contribution >= 0.6 is 11.3 Å². The van der Waals surface area contributed by atoms with Gasteiger partial charge in [0.05, 0.1) is 27.3 Å². The smallest absolute Gasteiger partial charge is 0.222 e. The lowest BCUT2D eigenvalue weighted by Gasteiger charge is -2.33. The number of aromatic nitrogens is 4. The van der Waals surface area contributed by atoms with Gasteiger partial charge in [0.15, 0.2) is 0 Å². The Kier molecular flexibility index (Phi) is 6.47. The summed E-state index contributed by atoms with van der Waals surface area (Å²) in [6.07, 6.45) is 6.90. The minimum atomic E-state index is 0.136. The number of nitrogens with zero attached hydrogens (tertiary/aromatic N) is 6. The summed E-state index contributed by atoms with van der Waals surface area (Å²) in [5, 5.41) is 8.43. The summed E-state index contributed by atoms with van der Waals surface area (Å²) in [5.74, 6) is 0.310. The van der Waals surface area contributed by atoms with Gasteiger partial charge in [0, 0.05) is 80.5 Å². The molecule has 5 heterocycles. The maximum Gasteiger partial charge on any atom is 0.222 e. The molecular formula is C29H32N6O2S. The zero-order chi connectivity index (χ0) is 26.4. The van der Waals surface area contributed by atoms with E-state index < -0.39 is 0 Å². The number of carbonyl (C=O) groups is 2. The highest BCUT2D eigenvalue weighted by molar-refractivity contribution is 7.15. The lowest BCUT2D eigenvalue weighted by molar-refractivity contribution is -0.132. The average molecular weight is 529 g/mol. The van der Waals surface area contributed by atoms with Gasteiger partial charge in [-0.15, -0.1) is 11.3 Å². The topological polar surface area (TPSA) is 84.2 Å². The molecule has 0 radical (unpaired) electrons. The van der Waals surface area contributed by atoms with Crippen LogP contribution in [0.3, 0.4) is 0 Å². The predicted octanol–water partition coefficient (Wildman–Crippen LogP) is 5.01. The summed E-state index contributed by atoms with van der Waals surface area (Å²) < 4.78 is 2.22. The third-order valence-electron chi connectivity index (χ3n) is 7.89. The Hall–Kier alpha value is -3.59. The van der Waals surface area contributed by atoms with Gasteiger partial charge in [0.25, 0.3) is 0 Å². The van der Waals surface area contributed by atoms with E-state index in [1.807, 2.05) is 36.0 Å². The van der Waals surface area contributed by atoms with Crippen molar-refractivity contribution >= 4 is 33.9 Å². The second kappa shape index (κ2) is 9.94. The Labute approximate surface area is 226 Å². The lowest BCUT2D eigenvalue weighted by Crippen LogP contribution is -2.39. The van der Waals surface area contributed by atoms with Crippen LogP contribution in [0.2, 0.25) is 0 Å². The van der Waals surface area contributed by atoms with Crippen LogP contribution in [0.1, 0.15) is 55.4 Å². The fourth-order valence-electron chi connectivity index (χ4n) is 5.82. The maximum atomic E-state index is 12.7. The monoisotopic (exact) mass is 528 g/mol. The SMILES string of the molecule is CCC(=O)N1CCc2c(c(-c3cccc4cc(-c5cnc(C)s5)ncc34)nn2C2CCN(C(C)=O)CC2)C1. The fraction of sp³-hybridized carbons (Fsp3) is 0.414. The van der Waals surface area contributed by atoms with E-state index in [4.69, 9.17) is 10.1 Å². The molecular weight excluding hydrogens is 496 g/mol. The number of pyridine rings is 1. The van der Waals surface area contributed by atoms with Crippen LogP contribution in [-0.4, -0.2) is 61.0 Å². The molecule has 0 N–H and O–H groups in total. The fourth-order valence-corrected chi connectivity index (χ4v) is 6.56. The van der Waals surface area contributed by atoms with E-state index in [0.717, 1.165) is 75.5 Å². The normalized spacial score (nSPS) is 16.2. The van der Waals surface area contributed by atoms with Crippen molar-refractivity contribution in [1.82, 2.24) is 29.5 Å². The molecule has 38 heavy (non-hydrogen) atoms. The van der Waals surface area contributed by atoms with E-state index >= 15 is 0 Å². The van der Waals surface area contributed by atoms with Gasteiger partial charge in [-0.3, -0.25) is 19.3 Å². The number of thiazole rings is 1. The van der Waals surface area contributed by atoms with Crippen LogP contribution in [0, 0.1) is 6.92 Å². The van der Waals surface area contributed by atoms with Crippen LogP contribution in [-0.2, 0) is 22.6 Å². The van der Waals surface area contributed by atoms with Crippen molar-refractivity contribution in [1.29, 1.82) is 0 Å². The van der Waals surface area contributed by atoms with E-state index in [0.29, 0.717) is 19.5 Å². The number of amides is 2. The van der Waals surface area contributed by atoms with Crippen molar-refractivity contribution in [3.05, 3.63) is 52.9 Å². The third-order valence-corrected chi connectivity index (χ3v) is 8.83. The van der Waals surface area contributed by atoms with Crippen molar-refractivity contribution in [2.24, 2.45) is 0 Å².